The summed E-state index contributed by atoms with van der Waals surface area (Å²) in [7, 11) is -1.05. The van der Waals surface area contributed by atoms with Crippen molar-refractivity contribution in [3.05, 3.63) is 78.4 Å². The first kappa shape index (κ1) is 25.9. The predicted molar refractivity (Wildman–Crippen MR) is 135 cm³/mol. The van der Waals surface area contributed by atoms with E-state index < -0.39 is 10.1 Å². The first-order valence-electron chi connectivity index (χ1n) is 11.2. The highest BCUT2D eigenvalue weighted by Gasteiger charge is 2.24. The number of benzene rings is 3. The fourth-order valence-electron chi connectivity index (χ4n) is 3.39. The SMILES string of the molecule is CCC(C)N(Cc1ccccc1OS(=O)(=O)c1ccc(OC)cc1)C(=O)Nc1ccccc1OC. The summed E-state index contributed by atoms with van der Waals surface area (Å²) in [6.07, 6.45) is 0.701. The zero-order valence-corrected chi connectivity index (χ0v) is 21.0. The number of carbonyl (C=O) groups is 1. The van der Waals surface area contributed by atoms with Crippen molar-refractivity contribution >= 4 is 21.8 Å². The number of methoxy groups -OCH3 is 2. The van der Waals surface area contributed by atoms with Crippen LogP contribution in [0.4, 0.5) is 10.5 Å². The summed E-state index contributed by atoms with van der Waals surface area (Å²) in [6.45, 7) is 4.05. The minimum absolute atomic E-state index is 0.000742. The van der Waals surface area contributed by atoms with E-state index in [0.717, 1.165) is 0 Å². The number of amides is 2. The van der Waals surface area contributed by atoms with Gasteiger partial charge in [0.1, 0.15) is 22.1 Å². The lowest BCUT2D eigenvalue weighted by Gasteiger charge is -2.29. The molecule has 0 spiro atoms. The van der Waals surface area contributed by atoms with Gasteiger partial charge in [-0.3, -0.25) is 0 Å². The first-order valence-corrected chi connectivity index (χ1v) is 12.6. The van der Waals surface area contributed by atoms with Gasteiger partial charge in [-0.2, -0.15) is 8.42 Å². The summed E-state index contributed by atoms with van der Waals surface area (Å²) in [6, 6.07) is 19.4. The van der Waals surface area contributed by atoms with Gasteiger partial charge in [0.05, 0.1) is 26.5 Å². The summed E-state index contributed by atoms with van der Waals surface area (Å²) < 4.78 is 41.7. The van der Waals surface area contributed by atoms with E-state index in [2.05, 4.69) is 5.32 Å². The molecule has 0 saturated carbocycles. The maximum atomic E-state index is 13.3. The molecule has 186 valence electrons. The molecule has 8 nitrogen and oxygen atoms in total. The Hall–Kier alpha value is -3.72. The van der Waals surface area contributed by atoms with E-state index >= 15 is 0 Å². The van der Waals surface area contributed by atoms with Gasteiger partial charge in [0, 0.05) is 11.6 Å². The maximum Gasteiger partial charge on any atom is 0.339 e. The average molecular weight is 499 g/mol. The lowest BCUT2D eigenvalue weighted by Crippen LogP contribution is -2.40. The standard InChI is InChI=1S/C26H30N2O6S/c1-5-19(2)28(26(29)27-23-11-7-9-13-25(23)33-4)18-20-10-6-8-12-24(20)34-35(30,31)22-16-14-21(32-3)15-17-22/h6-17,19H,5,18H2,1-4H3,(H,27,29). The van der Waals surface area contributed by atoms with Crippen molar-refractivity contribution in [3.8, 4) is 17.2 Å². The summed E-state index contributed by atoms with van der Waals surface area (Å²) in [5.41, 5.74) is 1.10. The maximum absolute atomic E-state index is 13.3. The smallest absolute Gasteiger partial charge is 0.339 e. The minimum atomic E-state index is -4.09. The van der Waals surface area contributed by atoms with Gasteiger partial charge >= 0.3 is 16.1 Å². The van der Waals surface area contributed by atoms with Gasteiger partial charge in [-0.1, -0.05) is 37.3 Å². The van der Waals surface area contributed by atoms with Crippen molar-refractivity contribution in [2.45, 2.75) is 37.8 Å². The minimum Gasteiger partial charge on any atom is -0.497 e. The zero-order valence-electron chi connectivity index (χ0n) is 20.2. The second-order valence-electron chi connectivity index (χ2n) is 7.84. The van der Waals surface area contributed by atoms with Crippen LogP contribution in [0.2, 0.25) is 0 Å². The number of para-hydroxylation sites is 3. The molecule has 1 atom stereocenters. The predicted octanol–water partition coefficient (Wildman–Crippen LogP) is 5.30. The third-order valence-electron chi connectivity index (χ3n) is 5.59. The summed E-state index contributed by atoms with van der Waals surface area (Å²) >= 11 is 0. The Morgan fingerprint density at radius 2 is 1.54 bits per heavy atom. The molecule has 9 heteroatoms. The molecule has 2 amide bonds. The van der Waals surface area contributed by atoms with E-state index in [1.807, 2.05) is 19.9 Å². The number of nitrogens with zero attached hydrogens (tertiary/aromatic N) is 1. The number of urea groups is 1. The molecule has 0 heterocycles. The number of hydrogen-bond donors (Lipinski definition) is 1. The molecule has 0 aliphatic heterocycles. The first-order chi connectivity index (χ1) is 16.8. The van der Waals surface area contributed by atoms with Crippen LogP contribution in [0.5, 0.6) is 17.2 Å². The average Bonchev–Trinajstić information content (AvgIpc) is 2.87. The molecule has 0 aromatic heterocycles. The van der Waals surface area contributed by atoms with Gasteiger partial charge in [0.15, 0.2) is 0 Å². The Kier molecular flexibility index (Phi) is 8.59. The molecule has 35 heavy (non-hydrogen) atoms. The second kappa shape index (κ2) is 11.6. The highest BCUT2D eigenvalue weighted by atomic mass is 32.2. The third-order valence-corrected chi connectivity index (χ3v) is 6.84. The van der Waals surface area contributed by atoms with Crippen LogP contribution in [-0.4, -0.2) is 39.6 Å². The number of nitrogens with one attached hydrogen (secondary N) is 1. The van der Waals surface area contributed by atoms with Crippen LogP contribution in [0.15, 0.2) is 77.7 Å². The van der Waals surface area contributed by atoms with Gasteiger partial charge in [-0.15, -0.1) is 0 Å². The van der Waals surface area contributed by atoms with Crippen molar-refractivity contribution in [3.63, 3.8) is 0 Å². The fraction of sp³-hybridized carbons (Fsp3) is 0.269. The molecular formula is C26H30N2O6S. The Morgan fingerprint density at radius 1 is 0.914 bits per heavy atom. The molecular weight excluding hydrogens is 468 g/mol. The topological polar surface area (TPSA) is 94.2 Å². The lowest BCUT2D eigenvalue weighted by molar-refractivity contribution is 0.186. The largest absolute Gasteiger partial charge is 0.497 e. The lowest BCUT2D eigenvalue weighted by atomic mass is 10.1. The van der Waals surface area contributed by atoms with Gasteiger partial charge in [-0.25, -0.2) is 4.79 Å². The highest BCUT2D eigenvalue weighted by Crippen LogP contribution is 2.28. The number of carbonyl (C=O) groups excluding carboxylic acids is 1. The number of ether oxygens (including phenoxy) is 2. The Balaban J connectivity index is 1.86. The normalized spacial score (nSPS) is 11.9. The summed E-state index contributed by atoms with van der Waals surface area (Å²) in [5, 5.41) is 2.89. The van der Waals surface area contributed by atoms with Crippen molar-refractivity contribution in [2.75, 3.05) is 19.5 Å². The summed E-state index contributed by atoms with van der Waals surface area (Å²) in [5.74, 6) is 1.23. The monoisotopic (exact) mass is 498 g/mol. The Labute approximate surface area is 206 Å². The van der Waals surface area contributed by atoms with Crippen LogP contribution < -0.4 is 19.0 Å². The van der Waals surface area contributed by atoms with Crippen LogP contribution in [0.1, 0.15) is 25.8 Å². The van der Waals surface area contributed by atoms with E-state index in [4.69, 9.17) is 13.7 Å². The van der Waals surface area contributed by atoms with Gasteiger partial charge in [-0.05, 0) is 55.8 Å². The van der Waals surface area contributed by atoms with Crippen LogP contribution in [-0.2, 0) is 16.7 Å². The van der Waals surface area contributed by atoms with E-state index in [-0.39, 0.29) is 29.3 Å². The van der Waals surface area contributed by atoms with Crippen molar-refractivity contribution in [2.24, 2.45) is 0 Å². The van der Waals surface area contributed by atoms with E-state index in [1.54, 1.807) is 59.5 Å². The molecule has 0 saturated heterocycles. The fourth-order valence-corrected chi connectivity index (χ4v) is 4.36. The summed E-state index contributed by atoms with van der Waals surface area (Å²) in [4.78, 5) is 14.9. The quantitative estimate of drug-likeness (QED) is 0.381. The number of anilines is 1. The molecule has 0 radical (unpaired) electrons. The molecule has 1 N–H and O–H groups in total. The van der Waals surface area contributed by atoms with Crippen LogP contribution in [0.3, 0.4) is 0 Å². The Bertz CT molecular complexity index is 1240. The van der Waals surface area contributed by atoms with Crippen LogP contribution in [0, 0.1) is 0 Å². The molecule has 3 aromatic carbocycles. The molecule has 0 bridgehead atoms. The van der Waals surface area contributed by atoms with E-state index in [9.17, 15) is 13.2 Å². The van der Waals surface area contributed by atoms with Crippen molar-refractivity contribution in [1.29, 1.82) is 0 Å². The molecule has 3 rings (SSSR count). The van der Waals surface area contributed by atoms with E-state index in [1.165, 1.54) is 26.4 Å². The molecule has 3 aromatic rings. The zero-order chi connectivity index (χ0) is 25.4. The van der Waals surface area contributed by atoms with Gasteiger partial charge < -0.3 is 23.9 Å². The highest BCUT2D eigenvalue weighted by molar-refractivity contribution is 7.87. The second-order valence-corrected chi connectivity index (χ2v) is 9.38. The third kappa shape index (κ3) is 6.45. The van der Waals surface area contributed by atoms with E-state index in [0.29, 0.717) is 29.2 Å². The van der Waals surface area contributed by atoms with Gasteiger partial charge in [0.2, 0.25) is 0 Å². The van der Waals surface area contributed by atoms with Crippen LogP contribution in [0.25, 0.3) is 0 Å². The Morgan fingerprint density at radius 3 is 2.17 bits per heavy atom. The number of hydrogen-bond acceptors (Lipinski definition) is 6. The molecule has 0 aliphatic carbocycles. The molecule has 0 aliphatic rings. The number of rotatable bonds is 10. The van der Waals surface area contributed by atoms with Crippen molar-refractivity contribution in [1.82, 2.24) is 4.90 Å². The molecule has 0 fully saturated rings. The van der Waals surface area contributed by atoms with Crippen molar-refractivity contribution < 1.29 is 26.9 Å². The van der Waals surface area contributed by atoms with Crippen LogP contribution >= 0.6 is 0 Å². The van der Waals surface area contributed by atoms with Gasteiger partial charge in [0.25, 0.3) is 0 Å². The molecule has 1 unspecified atom stereocenters.